The van der Waals surface area contributed by atoms with Crippen molar-refractivity contribution in [2.75, 3.05) is 31.3 Å². The van der Waals surface area contributed by atoms with Crippen LogP contribution in [0.15, 0.2) is 41.5 Å². The zero-order valence-corrected chi connectivity index (χ0v) is 24.6. The molecule has 0 aliphatic carbocycles. The molecule has 1 saturated heterocycles. The molecule has 14 nitrogen and oxygen atoms in total. The lowest BCUT2D eigenvalue weighted by Gasteiger charge is -2.23. The number of aromatic amines is 1. The van der Waals surface area contributed by atoms with Gasteiger partial charge in [-0.05, 0) is 19.4 Å². The molecule has 4 rings (SSSR count). The first kappa shape index (κ1) is 31.3. The number of aromatic nitrogens is 4. The van der Waals surface area contributed by atoms with Crippen molar-refractivity contribution in [3.63, 3.8) is 0 Å². The highest BCUT2D eigenvalue weighted by Gasteiger charge is 2.44. The second-order valence-electron chi connectivity index (χ2n) is 10.3. The number of carbonyl (C=O) groups is 1. The van der Waals surface area contributed by atoms with Gasteiger partial charge < -0.3 is 20.7 Å². The fourth-order valence-electron chi connectivity index (χ4n) is 4.11. The Hall–Kier alpha value is -2.62. The van der Waals surface area contributed by atoms with Crippen molar-refractivity contribution in [1.29, 1.82) is 0 Å². The third-order valence-corrected chi connectivity index (χ3v) is 9.40. The van der Waals surface area contributed by atoms with Crippen LogP contribution in [-0.2, 0) is 29.7 Å². The molecular weight excluding hydrogens is 575 g/mol. The van der Waals surface area contributed by atoms with E-state index >= 15 is 0 Å². The van der Waals surface area contributed by atoms with Crippen LogP contribution in [-0.4, -0.2) is 72.6 Å². The van der Waals surface area contributed by atoms with Gasteiger partial charge in [0.1, 0.15) is 12.3 Å². The first-order valence-electron chi connectivity index (χ1n) is 13.0. The molecule has 1 aliphatic rings. The number of nitrogens with two attached hydrogens (primary N) is 1. The molecule has 3 aromatic rings. The molecule has 0 spiro atoms. The molecule has 3 heterocycles. The number of rotatable bonds is 13. The van der Waals surface area contributed by atoms with E-state index in [4.69, 9.17) is 19.5 Å². The van der Waals surface area contributed by atoms with E-state index in [-0.39, 0.29) is 54.3 Å². The quantitative estimate of drug-likeness (QED) is 0.139. The van der Waals surface area contributed by atoms with Crippen LogP contribution in [0, 0.1) is 11.3 Å². The molecule has 1 aliphatic heterocycles. The van der Waals surface area contributed by atoms with Crippen molar-refractivity contribution in [2.45, 2.75) is 45.8 Å². The monoisotopic (exact) mass is 610 g/mol. The van der Waals surface area contributed by atoms with Gasteiger partial charge in [-0.15, -0.1) is 0 Å². The predicted octanol–water partition coefficient (Wildman–Crippen LogP) is 1.81. The second kappa shape index (κ2) is 13.1. The second-order valence-corrected chi connectivity index (χ2v) is 13.2. The summed E-state index contributed by atoms with van der Waals surface area (Å²) in [5, 5.41) is 22.9. The Labute approximate surface area is 240 Å². The summed E-state index contributed by atoms with van der Waals surface area (Å²) in [4.78, 5) is 35.1. The molecule has 41 heavy (non-hydrogen) atoms. The number of benzene rings is 1. The first-order valence-corrected chi connectivity index (χ1v) is 15.5. The van der Waals surface area contributed by atoms with Gasteiger partial charge in [-0.25, -0.2) is 14.6 Å². The molecular formula is C25H35N6O8PS. The summed E-state index contributed by atoms with van der Waals surface area (Å²) in [6, 6.07) is 9.24. The van der Waals surface area contributed by atoms with E-state index < -0.39 is 43.1 Å². The Bertz CT molecular complexity index is 1450. The maximum atomic E-state index is 13.7. The maximum absolute atomic E-state index is 13.7. The lowest BCUT2D eigenvalue weighted by Crippen LogP contribution is -2.30. The zero-order chi connectivity index (χ0) is 29.8. The molecule has 0 radical (unpaired) electrons. The standard InChI is InChI=1S/C25H35N6O8PS/c1-15-19(33)17(39-22(15)31-14-27-18-20(31)29-24(26)30-21(18)34)12-38-40(36,28-11-16-7-5-4-6-8-16)37-9-10-41-23(35)25(2,3)13-32/h4-8,14-15,17,19,22,32-33H,9-13H2,1-3H3,(H,28,36)(H3,26,29,30,34)/t15-,17+,19-,22+,40-/m0/s1. The van der Waals surface area contributed by atoms with Gasteiger partial charge in [-0.2, -0.15) is 4.98 Å². The number of nitrogens with zero attached hydrogens (tertiary/aromatic N) is 3. The van der Waals surface area contributed by atoms with Crippen molar-refractivity contribution in [3.8, 4) is 0 Å². The molecule has 2 aromatic heterocycles. The van der Waals surface area contributed by atoms with E-state index in [2.05, 4.69) is 20.0 Å². The Morgan fingerprint density at radius 2 is 2.05 bits per heavy atom. The van der Waals surface area contributed by atoms with Crippen LogP contribution < -0.4 is 16.4 Å². The van der Waals surface area contributed by atoms with E-state index in [1.165, 1.54) is 10.9 Å². The summed E-state index contributed by atoms with van der Waals surface area (Å²) in [6.07, 6.45) is -1.29. The molecule has 16 heteroatoms. The number of anilines is 1. The molecule has 0 unspecified atom stereocenters. The largest absolute Gasteiger partial charge is 0.405 e. The van der Waals surface area contributed by atoms with Crippen LogP contribution in [0.4, 0.5) is 5.95 Å². The summed E-state index contributed by atoms with van der Waals surface area (Å²) in [5.74, 6) is -0.372. The first-order chi connectivity index (χ1) is 19.4. The Balaban J connectivity index is 1.43. The number of nitrogens with one attached hydrogen (secondary N) is 2. The van der Waals surface area contributed by atoms with Gasteiger partial charge in [0.05, 0.1) is 37.7 Å². The highest BCUT2D eigenvalue weighted by Crippen LogP contribution is 2.46. The van der Waals surface area contributed by atoms with Crippen LogP contribution in [0.3, 0.4) is 0 Å². The van der Waals surface area contributed by atoms with Gasteiger partial charge in [-0.1, -0.05) is 49.0 Å². The number of thioether (sulfide) groups is 1. The maximum Gasteiger partial charge on any atom is 0.405 e. The molecule has 5 atom stereocenters. The Kier molecular flexibility index (Phi) is 10.0. The van der Waals surface area contributed by atoms with Crippen molar-refractivity contribution in [2.24, 2.45) is 11.3 Å². The summed E-state index contributed by atoms with van der Waals surface area (Å²) in [7, 11) is -3.93. The van der Waals surface area contributed by atoms with Gasteiger partial charge in [0.2, 0.25) is 5.95 Å². The van der Waals surface area contributed by atoms with Crippen molar-refractivity contribution >= 4 is 41.7 Å². The van der Waals surface area contributed by atoms with Crippen LogP contribution in [0.25, 0.3) is 11.2 Å². The number of hydrogen-bond donors (Lipinski definition) is 5. The number of ether oxygens (including phenoxy) is 1. The molecule has 1 fully saturated rings. The SMILES string of the molecule is C[C@H]1[C@H](O)[C@@H](CO[P@](=O)(NCc2ccccc2)OCCSC(=O)C(C)(C)CO)O[C@H]1n1cnc2c(=O)[nH]c(N)nc21. The van der Waals surface area contributed by atoms with Gasteiger partial charge in [0.25, 0.3) is 5.56 Å². The highest BCUT2D eigenvalue weighted by molar-refractivity contribution is 8.13. The van der Waals surface area contributed by atoms with E-state index in [9.17, 15) is 24.4 Å². The summed E-state index contributed by atoms with van der Waals surface area (Å²) in [6.45, 7) is 4.55. The minimum Gasteiger partial charge on any atom is -0.395 e. The third kappa shape index (κ3) is 7.43. The van der Waals surface area contributed by atoms with Crippen LogP contribution in [0.5, 0.6) is 0 Å². The van der Waals surface area contributed by atoms with E-state index in [1.807, 2.05) is 30.3 Å². The number of hydrogen-bond acceptors (Lipinski definition) is 12. The molecule has 6 N–H and O–H groups in total. The van der Waals surface area contributed by atoms with Gasteiger partial charge >= 0.3 is 7.75 Å². The minimum atomic E-state index is -3.93. The molecule has 1 aromatic carbocycles. The summed E-state index contributed by atoms with van der Waals surface area (Å²) < 4.78 is 32.6. The molecule has 0 bridgehead atoms. The van der Waals surface area contributed by atoms with Gasteiger partial charge in [-0.3, -0.25) is 28.2 Å². The normalized spacial score (nSPS) is 22.7. The Morgan fingerprint density at radius 3 is 2.76 bits per heavy atom. The average Bonchev–Trinajstić information content (AvgIpc) is 3.49. The lowest BCUT2D eigenvalue weighted by atomic mass is 9.97. The minimum absolute atomic E-state index is 0.0749. The number of aliphatic hydroxyl groups excluding tert-OH is 2. The zero-order valence-electron chi connectivity index (χ0n) is 22.9. The van der Waals surface area contributed by atoms with Crippen LogP contribution >= 0.6 is 19.5 Å². The highest BCUT2D eigenvalue weighted by atomic mass is 32.2. The third-order valence-electron chi connectivity index (χ3n) is 6.66. The lowest BCUT2D eigenvalue weighted by molar-refractivity contribution is -0.119. The fraction of sp³-hybridized carbons (Fsp3) is 0.520. The van der Waals surface area contributed by atoms with Crippen LogP contribution in [0.2, 0.25) is 0 Å². The number of imidazole rings is 1. The topological polar surface area (TPSA) is 204 Å². The molecule has 0 saturated carbocycles. The van der Waals surface area contributed by atoms with E-state index in [0.29, 0.717) is 0 Å². The van der Waals surface area contributed by atoms with Crippen LogP contribution in [0.1, 0.15) is 32.6 Å². The summed E-state index contributed by atoms with van der Waals surface area (Å²) in [5.41, 5.74) is 5.41. The van der Waals surface area contributed by atoms with Gasteiger partial charge in [0.15, 0.2) is 16.3 Å². The number of aliphatic hydroxyl groups is 2. The number of nitrogen functional groups attached to an aromatic ring is 1. The van der Waals surface area contributed by atoms with E-state index in [0.717, 1.165) is 17.3 Å². The fourth-order valence-corrected chi connectivity index (χ4v) is 6.35. The van der Waals surface area contributed by atoms with Crippen molar-refractivity contribution < 1.29 is 33.4 Å². The molecule has 224 valence electrons. The van der Waals surface area contributed by atoms with Crippen molar-refractivity contribution in [3.05, 3.63) is 52.6 Å². The number of fused-ring (bicyclic) bond motifs is 1. The average molecular weight is 611 g/mol. The predicted molar refractivity (Wildman–Crippen MR) is 153 cm³/mol. The van der Waals surface area contributed by atoms with Gasteiger partial charge in [0, 0.05) is 18.2 Å². The number of H-pyrrole nitrogens is 1. The van der Waals surface area contributed by atoms with E-state index in [1.54, 1.807) is 20.8 Å². The smallest absolute Gasteiger partial charge is 0.395 e. The molecule has 0 amide bonds. The van der Waals surface area contributed by atoms with Crippen molar-refractivity contribution in [1.82, 2.24) is 24.6 Å². The summed E-state index contributed by atoms with van der Waals surface area (Å²) >= 11 is 0.968. The Morgan fingerprint density at radius 1 is 1.32 bits per heavy atom. The number of carbonyl (C=O) groups excluding carboxylic acids is 1.